The molecule has 3 N–H and O–H groups in total. The SMILES string of the molecule is NC(=O)c1cc(NC(=O)c2c(C(F)(F)F)c(C(F)F)nn2CC2CC(F)(F)C2)ccc1F. The minimum Gasteiger partial charge on any atom is -0.366 e. The number of anilines is 1. The molecule has 3 rings (SSSR count). The Morgan fingerprint density at radius 1 is 1.25 bits per heavy atom. The average Bonchev–Trinajstić information content (AvgIpc) is 3.01. The Bertz CT molecular complexity index is 1060. The number of carbonyl (C=O) groups is 2. The molecular weight excluding hydrogens is 456 g/mol. The summed E-state index contributed by atoms with van der Waals surface area (Å²) in [5.41, 5.74) is -1.15. The van der Waals surface area contributed by atoms with Crippen LogP contribution in [-0.2, 0) is 12.7 Å². The number of primary amides is 1. The third-order valence-electron chi connectivity index (χ3n) is 4.78. The first-order valence-corrected chi connectivity index (χ1v) is 8.94. The van der Waals surface area contributed by atoms with Crippen LogP contribution in [-0.4, -0.2) is 27.5 Å². The molecule has 1 aliphatic rings. The quantitative estimate of drug-likeness (QED) is 0.615. The highest BCUT2D eigenvalue weighted by atomic mass is 19.4. The van der Waals surface area contributed by atoms with Crippen molar-refractivity contribution in [2.45, 2.75) is 37.9 Å². The lowest BCUT2D eigenvalue weighted by molar-refractivity contribution is -0.140. The van der Waals surface area contributed by atoms with Crippen LogP contribution in [0.3, 0.4) is 0 Å². The number of alkyl halides is 7. The minimum atomic E-state index is -5.43. The van der Waals surface area contributed by atoms with Gasteiger partial charge in [-0.05, 0) is 24.1 Å². The summed E-state index contributed by atoms with van der Waals surface area (Å²) in [6, 6.07) is 2.34. The highest BCUT2D eigenvalue weighted by Crippen LogP contribution is 2.44. The van der Waals surface area contributed by atoms with E-state index in [4.69, 9.17) is 5.73 Å². The summed E-state index contributed by atoms with van der Waals surface area (Å²) in [7, 11) is 0. The maximum Gasteiger partial charge on any atom is 0.420 e. The summed E-state index contributed by atoms with van der Waals surface area (Å²) in [6.45, 7) is -0.635. The minimum absolute atomic E-state index is 0.318. The van der Waals surface area contributed by atoms with Gasteiger partial charge in [0.2, 0.25) is 5.92 Å². The number of nitrogens with two attached hydrogens (primary N) is 1. The monoisotopic (exact) mass is 470 g/mol. The van der Waals surface area contributed by atoms with Crippen LogP contribution in [0.2, 0.25) is 0 Å². The normalized spacial score (nSPS) is 16.2. The van der Waals surface area contributed by atoms with Crippen molar-refractivity contribution in [3.8, 4) is 0 Å². The molecular formula is C18H14F8N4O2. The summed E-state index contributed by atoms with van der Waals surface area (Å²) in [4.78, 5) is 23.9. The Kier molecular flexibility index (Phi) is 5.91. The molecule has 0 spiro atoms. The number of halogens is 8. The molecule has 1 aromatic heterocycles. The van der Waals surface area contributed by atoms with Gasteiger partial charge in [-0.3, -0.25) is 14.3 Å². The van der Waals surface area contributed by atoms with E-state index in [1.165, 1.54) is 0 Å². The van der Waals surface area contributed by atoms with Crippen LogP contribution in [0.1, 0.15) is 51.4 Å². The van der Waals surface area contributed by atoms with E-state index in [-0.39, 0.29) is 5.69 Å². The molecule has 14 heteroatoms. The first kappa shape index (κ1) is 23.5. The largest absolute Gasteiger partial charge is 0.420 e. The molecule has 32 heavy (non-hydrogen) atoms. The topological polar surface area (TPSA) is 90.0 Å². The molecule has 2 amide bonds. The number of rotatable bonds is 6. The van der Waals surface area contributed by atoms with Gasteiger partial charge in [0.25, 0.3) is 18.2 Å². The molecule has 0 radical (unpaired) electrons. The lowest BCUT2D eigenvalue weighted by atomic mass is 9.81. The molecule has 1 fully saturated rings. The first-order valence-electron chi connectivity index (χ1n) is 8.94. The summed E-state index contributed by atoms with van der Waals surface area (Å²) in [5, 5.41) is 5.12. The highest BCUT2D eigenvalue weighted by Gasteiger charge is 2.48. The van der Waals surface area contributed by atoms with Crippen LogP contribution in [0.4, 0.5) is 40.8 Å². The molecule has 2 aromatic rings. The van der Waals surface area contributed by atoms with E-state index < -0.39 is 84.0 Å². The van der Waals surface area contributed by atoms with Crippen molar-refractivity contribution < 1.29 is 44.7 Å². The highest BCUT2D eigenvalue weighted by molar-refractivity contribution is 6.05. The van der Waals surface area contributed by atoms with Gasteiger partial charge in [-0.25, -0.2) is 22.0 Å². The van der Waals surface area contributed by atoms with Gasteiger partial charge in [-0.15, -0.1) is 0 Å². The van der Waals surface area contributed by atoms with Gasteiger partial charge in [-0.2, -0.15) is 18.3 Å². The molecule has 1 aliphatic carbocycles. The second-order valence-electron chi connectivity index (χ2n) is 7.23. The van der Waals surface area contributed by atoms with Gasteiger partial charge >= 0.3 is 6.18 Å². The number of nitrogens with zero attached hydrogens (tertiary/aromatic N) is 2. The van der Waals surface area contributed by atoms with Gasteiger partial charge in [0.15, 0.2) is 0 Å². The Labute approximate surface area is 174 Å². The van der Waals surface area contributed by atoms with Crippen molar-refractivity contribution in [3.05, 3.63) is 46.5 Å². The van der Waals surface area contributed by atoms with Crippen LogP contribution in [0.15, 0.2) is 18.2 Å². The van der Waals surface area contributed by atoms with Gasteiger partial charge in [-0.1, -0.05) is 0 Å². The zero-order valence-electron chi connectivity index (χ0n) is 15.8. The van der Waals surface area contributed by atoms with Crippen molar-refractivity contribution in [2.24, 2.45) is 11.7 Å². The van der Waals surface area contributed by atoms with E-state index in [2.05, 4.69) is 5.10 Å². The van der Waals surface area contributed by atoms with Crippen molar-refractivity contribution in [2.75, 3.05) is 5.32 Å². The van der Waals surface area contributed by atoms with Crippen LogP contribution in [0.25, 0.3) is 0 Å². The van der Waals surface area contributed by atoms with Crippen LogP contribution in [0, 0.1) is 11.7 Å². The third-order valence-corrected chi connectivity index (χ3v) is 4.78. The molecule has 6 nitrogen and oxygen atoms in total. The second-order valence-corrected chi connectivity index (χ2v) is 7.23. The lowest BCUT2D eigenvalue weighted by Crippen LogP contribution is -2.38. The number of hydrogen-bond donors (Lipinski definition) is 2. The summed E-state index contributed by atoms with van der Waals surface area (Å²) in [5.74, 6) is -7.80. The van der Waals surface area contributed by atoms with E-state index in [1.807, 2.05) is 5.32 Å². The fourth-order valence-corrected chi connectivity index (χ4v) is 3.42. The predicted molar refractivity (Wildman–Crippen MR) is 92.7 cm³/mol. The maximum absolute atomic E-state index is 13.6. The smallest absolute Gasteiger partial charge is 0.366 e. The zero-order valence-corrected chi connectivity index (χ0v) is 15.8. The van der Waals surface area contributed by atoms with E-state index in [0.717, 1.165) is 12.1 Å². The van der Waals surface area contributed by atoms with Crippen LogP contribution < -0.4 is 11.1 Å². The fraction of sp³-hybridized carbons (Fsp3) is 0.389. The second kappa shape index (κ2) is 8.06. The third kappa shape index (κ3) is 4.67. The molecule has 0 unspecified atom stereocenters. The van der Waals surface area contributed by atoms with Crippen LogP contribution >= 0.6 is 0 Å². The molecule has 0 atom stereocenters. The number of nitrogens with one attached hydrogen (secondary N) is 1. The van der Waals surface area contributed by atoms with Gasteiger partial charge in [0.05, 0.1) is 5.56 Å². The number of aromatic nitrogens is 2. The van der Waals surface area contributed by atoms with Crippen molar-refractivity contribution in [1.82, 2.24) is 9.78 Å². The van der Waals surface area contributed by atoms with E-state index in [0.29, 0.717) is 10.7 Å². The molecule has 1 heterocycles. The van der Waals surface area contributed by atoms with E-state index in [1.54, 1.807) is 0 Å². The standard InChI is InChI=1S/C18H14F8N4O2/c19-10-2-1-8(3-9(10)15(27)31)28-16(32)13-11(18(24,25)26)12(14(20)21)29-30(13)6-7-4-17(22,23)5-7/h1-3,7,14H,4-6H2,(H2,27,31)(H,28,32). The van der Waals surface area contributed by atoms with Crippen molar-refractivity contribution in [1.29, 1.82) is 0 Å². The molecule has 0 aliphatic heterocycles. The van der Waals surface area contributed by atoms with E-state index >= 15 is 0 Å². The van der Waals surface area contributed by atoms with Gasteiger partial charge in [0, 0.05) is 25.1 Å². The fourth-order valence-electron chi connectivity index (χ4n) is 3.42. The molecule has 1 aromatic carbocycles. The Morgan fingerprint density at radius 2 is 1.88 bits per heavy atom. The van der Waals surface area contributed by atoms with Gasteiger partial charge < -0.3 is 11.1 Å². The van der Waals surface area contributed by atoms with Crippen molar-refractivity contribution in [3.63, 3.8) is 0 Å². The number of benzene rings is 1. The molecule has 1 saturated carbocycles. The molecule has 0 saturated heterocycles. The predicted octanol–water partition coefficient (Wildman–Crippen LogP) is 4.38. The Morgan fingerprint density at radius 3 is 2.38 bits per heavy atom. The Balaban J connectivity index is 2.03. The number of carbonyl (C=O) groups excluding carboxylic acids is 2. The first-order chi connectivity index (χ1) is 14.7. The van der Waals surface area contributed by atoms with Gasteiger partial charge in [0.1, 0.15) is 22.8 Å². The Hall–Kier alpha value is -3.19. The summed E-state index contributed by atoms with van der Waals surface area (Å²) < 4.78 is 107. The van der Waals surface area contributed by atoms with Crippen molar-refractivity contribution >= 4 is 17.5 Å². The van der Waals surface area contributed by atoms with Crippen LogP contribution in [0.5, 0.6) is 0 Å². The number of amides is 2. The summed E-state index contributed by atoms with van der Waals surface area (Å²) in [6.07, 6.45) is -10.6. The summed E-state index contributed by atoms with van der Waals surface area (Å²) >= 11 is 0. The molecule has 174 valence electrons. The lowest BCUT2D eigenvalue weighted by Gasteiger charge is -2.35. The van der Waals surface area contributed by atoms with E-state index in [9.17, 15) is 44.7 Å². The molecule has 0 bridgehead atoms. The average molecular weight is 470 g/mol. The maximum atomic E-state index is 13.6. The number of hydrogen-bond acceptors (Lipinski definition) is 3. The zero-order chi connectivity index (χ0) is 24.0.